The van der Waals surface area contributed by atoms with Gasteiger partial charge in [-0.1, -0.05) is 73.2 Å². The Bertz CT molecular complexity index is 854. The molecule has 0 saturated carbocycles. The molecule has 0 atom stereocenters. The Morgan fingerprint density at radius 3 is 1.96 bits per heavy atom. The minimum Gasteiger partial charge on any atom is -0.0613 e. The third-order valence-corrected chi connectivity index (χ3v) is 5.21. The van der Waals surface area contributed by atoms with E-state index in [1.165, 1.54) is 44.5 Å². The van der Waals surface area contributed by atoms with Crippen LogP contribution in [0.5, 0.6) is 0 Å². The first-order valence-electron chi connectivity index (χ1n) is 9.32. The fraction of sp³-hybridized carbons (Fsp3) is 0.280. The predicted octanol–water partition coefficient (Wildman–Crippen LogP) is 6.63. The summed E-state index contributed by atoms with van der Waals surface area (Å²) in [6, 6.07) is 22.7. The number of hydrogen-bond acceptors (Lipinski definition) is 0. The van der Waals surface area contributed by atoms with Crippen LogP contribution in [0.25, 0.3) is 11.1 Å². The molecule has 0 radical (unpaired) electrons. The molecule has 3 aromatic carbocycles. The molecule has 0 saturated heterocycles. The Kier molecular flexibility index (Phi) is 5.38. The summed E-state index contributed by atoms with van der Waals surface area (Å²) in [5.74, 6) is 0. The zero-order valence-electron chi connectivity index (χ0n) is 15.9. The molecule has 0 heterocycles. The zero-order valence-corrected chi connectivity index (χ0v) is 15.9. The van der Waals surface area contributed by atoms with E-state index >= 15 is 0 Å². The van der Waals surface area contributed by atoms with Crippen molar-refractivity contribution in [3.63, 3.8) is 0 Å². The van der Waals surface area contributed by atoms with E-state index in [1.54, 1.807) is 0 Å². The first-order valence-corrected chi connectivity index (χ1v) is 9.32. The molecule has 25 heavy (non-hydrogen) atoms. The second-order valence-corrected chi connectivity index (χ2v) is 7.12. The summed E-state index contributed by atoms with van der Waals surface area (Å²) < 4.78 is 0. The van der Waals surface area contributed by atoms with Crippen LogP contribution in [-0.2, 0) is 19.3 Å². The SMILES string of the molecule is CCc1cc(-c2ccc(CCc3ccc(C)cc3)c(C)c2)ccc1C. The van der Waals surface area contributed by atoms with E-state index in [1.807, 2.05) is 0 Å². The molecule has 0 spiro atoms. The Morgan fingerprint density at radius 1 is 0.600 bits per heavy atom. The molecule has 0 aliphatic heterocycles. The summed E-state index contributed by atoms with van der Waals surface area (Å²) in [5, 5.41) is 0. The molecular formula is C25H28. The monoisotopic (exact) mass is 328 g/mol. The van der Waals surface area contributed by atoms with Crippen LogP contribution in [0.4, 0.5) is 0 Å². The smallest absolute Gasteiger partial charge is 0.0181 e. The number of rotatable bonds is 5. The van der Waals surface area contributed by atoms with Gasteiger partial charge in [0.15, 0.2) is 0 Å². The molecule has 0 heteroatoms. The molecule has 0 nitrogen and oxygen atoms in total. The van der Waals surface area contributed by atoms with E-state index in [2.05, 4.69) is 88.4 Å². The normalized spacial score (nSPS) is 10.9. The van der Waals surface area contributed by atoms with Gasteiger partial charge in [-0.15, -0.1) is 0 Å². The predicted molar refractivity (Wildman–Crippen MR) is 109 cm³/mol. The average molecular weight is 328 g/mol. The maximum atomic E-state index is 2.34. The van der Waals surface area contributed by atoms with Crippen LogP contribution >= 0.6 is 0 Å². The summed E-state index contributed by atoms with van der Waals surface area (Å²) in [6.07, 6.45) is 3.29. The lowest BCUT2D eigenvalue weighted by Crippen LogP contribution is -1.95. The number of benzene rings is 3. The van der Waals surface area contributed by atoms with E-state index in [9.17, 15) is 0 Å². The highest BCUT2D eigenvalue weighted by atomic mass is 14.1. The Balaban J connectivity index is 1.77. The molecule has 0 N–H and O–H groups in total. The maximum Gasteiger partial charge on any atom is -0.0181 e. The van der Waals surface area contributed by atoms with Gasteiger partial charge in [-0.2, -0.15) is 0 Å². The third-order valence-electron chi connectivity index (χ3n) is 5.21. The van der Waals surface area contributed by atoms with E-state index in [0.717, 1.165) is 19.3 Å². The molecular weight excluding hydrogens is 300 g/mol. The van der Waals surface area contributed by atoms with E-state index < -0.39 is 0 Å². The van der Waals surface area contributed by atoms with Gasteiger partial charge in [-0.3, -0.25) is 0 Å². The molecule has 128 valence electrons. The summed E-state index contributed by atoms with van der Waals surface area (Å²) >= 11 is 0. The minimum absolute atomic E-state index is 1.09. The van der Waals surface area contributed by atoms with Gasteiger partial charge in [0, 0.05) is 0 Å². The van der Waals surface area contributed by atoms with Gasteiger partial charge >= 0.3 is 0 Å². The molecule has 0 aromatic heterocycles. The van der Waals surface area contributed by atoms with Crippen LogP contribution in [0.1, 0.15) is 40.3 Å². The zero-order chi connectivity index (χ0) is 17.8. The van der Waals surface area contributed by atoms with E-state index in [-0.39, 0.29) is 0 Å². The topological polar surface area (TPSA) is 0 Å². The van der Waals surface area contributed by atoms with Gasteiger partial charge in [-0.25, -0.2) is 0 Å². The lowest BCUT2D eigenvalue weighted by atomic mass is 9.94. The fourth-order valence-corrected chi connectivity index (χ4v) is 3.42. The lowest BCUT2D eigenvalue weighted by Gasteiger charge is -2.11. The molecule has 0 amide bonds. The lowest BCUT2D eigenvalue weighted by molar-refractivity contribution is 0.948. The summed E-state index contributed by atoms with van der Waals surface area (Å²) in [7, 11) is 0. The van der Waals surface area contributed by atoms with Crippen molar-refractivity contribution in [2.75, 3.05) is 0 Å². The second kappa shape index (κ2) is 7.70. The van der Waals surface area contributed by atoms with Crippen LogP contribution in [0.2, 0.25) is 0 Å². The molecule has 3 rings (SSSR count). The van der Waals surface area contributed by atoms with Gasteiger partial charge in [0.05, 0.1) is 0 Å². The Labute approximate surface area is 152 Å². The van der Waals surface area contributed by atoms with Crippen molar-refractivity contribution < 1.29 is 0 Å². The largest absolute Gasteiger partial charge is 0.0613 e. The second-order valence-electron chi connectivity index (χ2n) is 7.12. The minimum atomic E-state index is 1.09. The summed E-state index contributed by atoms with van der Waals surface area (Å²) in [6.45, 7) is 8.80. The van der Waals surface area contributed by atoms with Gasteiger partial charge in [0.25, 0.3) is 0 Å². The van der Waals surface area contributed by atoms with Gasteiger partial charge in [0.2, 0.25) is 0 Å². The van der Waals surface area contributed by atoms with Crippen molar-refractivity contribution in [1.82, 2.24) is 0 Å². The van der Waals surface area contributed by atoms with Gasteiger partial charge in [0.1, 0.15) is 0 Å². The Morgan fingerprint density at radius 2 is 1.28 bits per heavy atom. The van der Waals surface area contributed by atoms with Crippen molar-refractivity contribution in [1.29, 1.82) is 0 Å². The van der Waals surface area contributed by atoms with Crippen molar-refractivity contribution in [3.05, 3.63) is 94.0 Å². The highest BCUT2D eigenvalue weighted by Crippen LogP contribution is 2.25. The summed E-state index contributed by atoms with van der Waals surface area (Å²) in [5.41, 5.74) is 11.1. The van der Waals surface area contributed by atoms with Crippen LogP contribution in [0.3, 0.4) is 0 Å². The van der Waals surface area contributed by atoms with Crippen molar-refractivity contribution in [3.8, 4) is 11.1 Å². The molecule has 0 aliphatic rings. The van der Waals surface area contributed by atoms with E-state index in [4.69, 9.17) is 0 Å². The Hall–Kier alpha value is -2.34. The third kappa shape index (κ3) is 4.20. The van der Waals surface area contributed by atoms with Gasteiger partial charge in [-0.05, 0) is 79.0 Å². The quantitative estimate of drug-likeness (QED) is 0.493. The van der Waals surface area contributed by atoms with Crippen LogP contribution in [0.15, 0.2) is 60.7 Å². The molecule has 0 bridgehead atoms. The molecule has 0 fully saturated rings. The average Bonchev–Trinajstić information content (AvgIpc) is 2.62. The van der Waals surface area contributed by atoms with Crippen molar-refractivity contribution in [2.45, 2.75) is 47.0 Å². The summed E-state index contributed by atoms with van der Waals surface area (Å²) in [4.78, 5) is 0. The van der Waals surface area contributed by atoms with Gasteiger partial charge < -0.3 is 0 Å². The number of hydrogen-bond donors (Lipinski definition) is 0. The van der Waals surface area contributed by atoms with Crippen LogP contribution < -0.4 is 0 Å². The maximum absolute atomic E-state index is 2.34. The standard InChI is InChI=1S/C25H28/c1-5-22-17-25(12-8-19(22)3)24-15-14-23(20(4)16-24)13-11-21-9-6-18(2)7-10-21/h6-10,12,14-17H,5,11,13H2,1-4H3. The molecule has 0 unspecified atom stereocenters. The molecule has 3 aromatic rings. The van der Waals surface area contributed by atoms with Crippen LogP contribution in [-0.4, -0.2) is 0 Å². The van der Waals surface area contributed by atoms with E-state index in [0.29, 0.717) is 0 Å². The number of aryl methyl sites for hydroxylation is 6. The van der Waals surface area contributed by atoms with Crippen LogP contribution in [0, 0.1) is 20.8 Å². The highest BCUT2D eigenvalue weighted by Gasteiger charge is 2.05. The van der Waals surface area contributed by atoms with Crippen molar-refractivity contribution >= 4 is 0 Å². The first kappa shape index (κ1) is 17.5. The van der Waals surface area contributed by atoms with Crippen molar-refractivity contribution in [2.24, 2.45) is 0 Å². The highest BCUT2D eigenvalue weighted by molar-refractivity contribution is 5.66. The fourth-order valence-electron chi connectivity index (χ4n) is 3.42. The molecule has 0 aliphatic carbocycles. The first-order chi connectivity index (χ1) is 12.1.